The van der Waals surface area contributed by atoms with Gasteiger partial charge in [0.15, 0.2) is 0 Å². The van der Waals surface area contributed by atoms with Gasteiger partial charge in [0.05, 0.1) is 5.03 Å². The minimum atomic E-state index is -0.955. The summed E-state index contributed by atoms with van der Waals surface area (Å²) in [6.45, 7) is 0.222. The predicted molar refractivity (Wildman–Crippen MR) is 79.0 cm³/mol. The summed E-state index contributed by atoms with van der Waals surface area (Å²) < 4.78 is 0. The summed E-state index contributed by atoms with van der Waals surface area (Å²) in [5, 5.41) is 11.6. The highest BCUT2D eigenvalue weighted by atomic mass is 32.2. The Morgan fingerprint density at radius 1 is 1.11 bits per heavy atom. The summed E-state index contributed by atoms with van der Waals surface area (Å²) in [5.74, 6) is 0.777. The van der Waals surface area contributed by atoms with Crippen LogP contribution in [0.4, 0.5) is 0 Å². The van der Waals surface area contributed by atoms with Crippen LogP contribution >= 0.6 is 11.8 Å². The molecule has 3 N–H and O–H groups in total. The van der Waals surface area contributed by atoms with Gasteiger partial charge in [-0.2, -0.15) is 0 Å². The lowest BCUT2D eigenvalue weighted by molar-refractivity contribution is 0.0431. The highest BCUT2D eigenvalue weighted by molar-refractivity contribution is 7.99. The van der Waals surface area contributed by atoms with Crippen molar-refractivity contribution in [3.05, 3.63) is 60.3 Å². The van der Waals surface area contributed by atoms with E-state index in [-0.39, 0.29) is 6.54 Å². The second kappa shape index (κ2) is 6.70. The Hall–Kier alpha value is -1.36. The fraction of sp³-hybridized carbons (Fsp3) is 0.267. The molecule has 19 heavy (non-hydrogen) atoms. The van der Waals surface area contributed by atoms with Crippen LogP contribution < -0.4 is 5.73 Å². The summed E-state index contributed by atoms with van der Waals surface area (Å²) in [4.78, 5) is 4.25. The van der Waals surface area contributed by atoms with Crippen LogP contribution in [0.3, 0.4) is 0 Å². The molecule has 1 aromatic heterocycles. The van der Waals surface area contributed by atoms with E-state index < -0.39 is 5.60 Å². The summed E-state index contributed by atoms with van der Waals surface area (Å²) in [6.07, 6.45) is 2.38. The van der Waals surface area contributed by atoms with Crippen molar-refractivity contribution in [1.82, 2.24) is 4.98 Å². The number of pyridine rings is 1. The van der Waals surface area contributed by atoms with Crippen LogP contribution in [-0.2, 0) is 5.60 Å². The quantitative estimate of drug-likeness (QED) is 0.794. The Morgan fingerprint density at radius 3 is 2.47 bits per heavy atom. The van der Waals surface area contributed by atoms with Gasteiger partial charge in [-0.3, -0.25) is 0 Å². The van der Waals surface area contributed by atoms with Crippen molar-refractivity contribution < 1.29 is 5.11 Å². The third-order valence-corrected chi connectivity index (χ3v) is 4.00. The molecule has 1 atom stereocenters. The lowest BCUT2D eigenvalue weighted by Gasteiger charge is -2.26. The number of hydrogen-bond donors (Lipinski definition) is 2. The van der Waals surface area contributed by atoms with Gasteiger partial charge in [0.1, 0.15) is 5.60 Å². The molecule has 2 aromatic rings. The van der Waals surface area contributed by atoms with E-state index in [1.54, 1.807) is 18.0 Å². The molecule has 0 aliphatic rings. The van der Waals surface area contributed by atoms with Gasteiger partial charge in [0.25, 0.3) is 0 Å². The Balaban J connectivity index is 1.96. The molecular formula is C15H18N2OS. The number of nitrogens with two attached hydrogens (primary N) is 1. The SMILES string of the molecule is NCC(O)(CCSc1ccccn1)c1ccccc1. The van der Waals surface area contributed by atoms with Gasteiger partial charge in [-0.05, 0) is 24.1 Å². The lowest BCUT2D eigenvalue weighted by Crippen LogP contribution is -2.35. The zero-order valence-electron chi connectivity index (χ0n) is 10.7. The first-order chi connectivity index (χ1) is 9.24. The molecule has 0 fully saturated rings. The van der Waals surface area contributed by atoms with Crippen LogP contribution in [0.25, 0.3) is 0 Å². The molecule has 1 unspecified atom stereocenters. The Labute approximate surface area is 117 Å². The van der Waals surface area contributed by atoms with Crippen molar-refractivity contribution in [2.24, 2.45) is 5.73 Å². The fourth-order valence-electron chi connectivity index (χ4n) is 1.87. The number of thioether (sulfide) groups is 1. The third-order valence-electron chi connectivity index (χ3n) is 3.05. The second-order valence-corrected chi connectivity index (χ2v) is 5.48. The molecule has 0 amide bonds. The van der Waals surface area contributed by atoms with Crippen LogP contribution in [0.15, 0.2) is 59.8 Å². The maximum atomic E-state index is 10.6. The highest BCUT2D eigenvalue weighted by Crippen LogP contribution is 2.27. The van der Waals surface area contributed by atoms with E-state index in [2.05, 4.69) is 4.98 Å². The van der Waals surface area contributed by atoms with Gasteiger partial charge < -0.3 is 10.8 Å². The first kappa shape index (κ1) is 14.1. The summed E-state index contributed by atoms with van der Waals surface area (Å²) in [6, 6.07) is 15.4. The van der Waals surface area contributed by atoms with E-state index in [1.807, 2.05) is 48.5 Å². The number of hydrogen-bond acceptors (Lipinski definition) is 4. The highest BCUT2D eigenvalue weighted by Gasteiger charge is 2.26. The molecule has 100 valence electrons. The van der Waals surface area contributed by atoms with E-state index in [1.165, 1.54) is 0 Å². The normalized spacial score (nSPS) is 14.0. The van der Waals surface area contributed by atoms with Crippen molar-refractivity contribution in [3.63, 3.8) is 0 Å². The molecule has 4 heteroatoms. The zero-order chi connectivity index (χ0) is 13.6. The number of benzene rings is 1. The number of nitrogens with zero attached hydrogens (tertiary/aromatic N) is 1. The number of aromatic nitrogens is 1. The Morgan fingerprint density at radius 2 is 1.84 bits per heavy atom. The summed E-state index contributed by atoms with van der Waals surface area (Å²) >= 11 is 1.63. The van der Waals surface area contributed by atoms with Crippen LogP contribution in [0.5, 0.6) is 0 Å². The smallest absolute Gasteiger partial charge is 0.103 e. The van der Waals surface area contributed by atoms with Gasteiger partial charge in [0, 0.05) is 18.5 Å². The average Bonchev–Trinajstić information content (AvgIpc) is 2.49. The Bertz CT molecular complexity index is 492. The van der Waals surface area contributed by atoms with Gasteiger partial charge >= 0.3 is 0 Å². The van der Waals surface area contributed by atoms with Gasteiger partial charge in [-0.1, -0.05) is 36.4 Å². The third kappa shape index (κ3) is 3.80. The molecular weight excluding hydrogens is 256 g/mol. The molecule has 0 aliphatic carbocycles. The van der Waals surface area contributed by atoms with Crippen LogP contribution in [0, 0.1) is 0 Å². The van der Waals surface area contributed by atoms with Crippen molar-refractivity contribution >= 4 is 11.8 Å². The van der Waals surface area contributed by atoms with Crippen LogP contribution in [0.2, 0.25) is 0 Å². The summed E-state index contributed by atoms with van der Waals surface area (Å²) in [7, 11) is 0. The van der Waals surface area contributed by atoms with E-state index in [0.29, 0.717) is 6.42 Å². The van der Waals surface area contributed by atoms with Crippen LogP contribution in [0.1, 0.15) is 12.0 Å². The first-order valence-electron chi connectivity index (χ1n) is 6.26. The molecule has 0 bridgehead atoms. The molecule has 0 saturated carbocycles. The maximum absolute atomic E-state index is 10.6. The molecule has 1 heterocycles. The minimum Gasteiger partial charge on any atom is -0.384 e. The Kier molecular flexibility index (Phi) is 4.96. The van der Waals surface area contributed by atoms with E-state index in [0.717, 1.165) is 16.3 Å². The molecule has 3 nitrogen and oxygen atoms in total. The maximum Gasteiger partial charge on any atom is 0.103 e. The average molecular weight is 274 g/mol. The summed E-state index contributed by atoms with van der Waals surface area (Å²) in [5.41, 5.74) is 5.66. The molecule has 2 rings (SSSR count). The van der Waals surface area contributed by atoms with E-state index in [4.69, 9.17) is 5.73 Å². The van der Waals surface area contributed by atoms with Crippen molar-refractivity contribution in [2.45, 2.75) is 17.0 Å². The lowest BCUT2D eigenvalue weighted by atomic mass is 9.91. The zero-order valence-corrected chi connectivity index (χ0v) is 11.5. The van der Waals surface area contributed by atoms with Gasteiger partial charge in [-0.15, -0.1) is 11.8 Å². The monoisotopic (exact) mass is 274 g/mol. The predicted octanol–water partition coefficient (Wildman–Crippen LogP) is 2.41. The van der Waals surface area contributed by atoms with E-state index in [9.17, 15) is 5.11 Å². The molecule has 0 saturated heterocycles. The topological polar surface area (TPSA) is 59.1 Å². The second-order valence-electron chi connectivity index (χ2n) is 4.37. The largest absolute Gasteiger partial charge is 0.384 e. The molecule has 0 aliphatic heterocycles. The first-order valence-corrected chi connectivity index (χ1v) is 7.25. The van der Waals surface area contributed by atoms with Crippen molar-refractivity contribution in [1.29, 1.82) is 0 Å². The molecule has 0 spiro atoms. The fourth-order valence-corrected chi connectivity index (χ4v) is 2.83. The number of aliphatic hydroxyl groups is 1. The minimum absolute atomic E-state index is 0.222. The molecule has 0 radical (unpaired) electrons. The number of rotatable bonds is 6. The molecule has 1 aromatic carbocycles. The van der Waals surface area contributed by atoms with Gasteiger partial charge in [-0.25, -0.2) is 4.98 Å². The van der Waals surface area contributed by atoms with Crippen molar-refractivity contribution in [3.8, 4) is 0 Å². The van der Waals surface area contributed by atoms with Crippen molar-refractivity contribution in [2.75, 3.05) is 12.3 Å². The van der Waals surface area contributed by atoms with Gasteiger partial charge in [0.2, 0.25) is 0 Å². The standard InChI is InChI=1S/C15H18N2OS/c16-12-15(18,13-6-2-1-3-7-13)9-11-19-14-8-4-5-10-17-14/h1-8,10,18H,9,11-12,16H2. The van der Waals surface area contributed by atoms with E-state index >= 15 is 0 Å². The van der Waals surface area contributed by atoms with Crippen LogP contribution in [-0.4, -0.2) is 22.4 Å².